The van der Waals surface area contributed by atoms with Gasteiger partial charge in [-0.1, -0.05) is 0 Å². The number of carbonyl (C=O) groups excluding carboxylic acids is 1. The molecule has 4 nitrogen and oxygen atoms in total. The summed E-state index contributed by atoms with van der Waals surface area (Å²) in [4.78, 5) is 10.8. The zero-order valence-corrected chi connectivity index (χ0v) is 8.95. The Morgan fingerprint density at radius 1 is 1.27 bits per heavy atom. The number of methoxy groups -OCH3 is 2. The summed E-state index contributed by atoms with van der Waals surface area (Å²) in [6.45, 7) is 0.528. The second-order valence-corrected chi connectivity index (χ2v) is 3.06. The summed E-state index contributed by atoms with van der Waals surface area (Å²) in [5.74, 6) is 1.22. The Bertz CT molecular complexity index is 350. The van der Waals surface area contributed by atoms with Crippen molar-refractivity contribution < 1.29 is 14.3 Å². The van der Waals surface area contributed by atoms with Crippen LogP contribution in [0.25, 0.3) is 0 Å². The first-order valence-corrected chi connectivity index (χ1v) is 4.67. The molecule has 0 amide bonds. The van der Waals surface area contributed by atoms with Gasteiger partial charge < -0.3 is 15.2 Å². The van der Waals surface area contributed by atoms with E-state index in [2.05, 4.69) is 0 Å². The van der Waals surface area contributed by atoms with Crippen LogP contribution in [-0.4, -0.2) is 27.1 Å². The van der Waals surface area contributed by atoms with E-state index in [9.17, 15) is 4.79 Å². The third-order valence-electron chi connectivity index (χ3n) is 2.17. The number of benzene rings is 1. The average molecular weight is 209 g/mol. The fourth-order valence-corrected chi connectivity index (χ4v) is 1.43. The number of rotatable bonds is 5. The fourth-order valence-electron chi connectivity index (χ4n) is 1.43. The van der Waals surface area contributed by atoms with Crippen molar-refractivity contribution in [3.63, 3.8) is 0 Å². The van der Waals surface area contributed by atoms with Gasteiger partial charge in [0.1, 0.15) is 11.5 Å². The van der Waals surface area contributed by atoms with Crippen LogP contribution in [0.4, 0.5) is 0 Å². The largest absolute Gasteiger partial charge is 0.496 e. The molecule has 0 fully saturated rings. The summed E-state index contributed by atoms with van der Waals surface area (Å²) >= 11 is 0. The molecule has 0 aliphatic heterocycles. The van der Waals surface area contributed by atoms with Gasteiger partial charge >= 0.3 is 0 Å². The zero-order valence-electron chi connectivity index (χ0n) is 8.95. The summed E-state index contributed by atoms with van der Waals surface area (Å²) in [5.41, 5.74) is 6.91. The summed E-state index contributed by atoms with van der Waals surface area (Å²) in [6, 6.07) is 3.45. The minimum Gasteiger partial charge on any atom is -0.496 e. The molecule has 0 aromatic heterocycles. The van der Waals surface area contributed by atoms with Gasteiger partial charge in [0.15, 0.2) is 6.29 Å². The molecule has 0 atom stereocenters. The lowest BCUT2D eigenvalue weighted by atomic mass is 10.1. The van der Waals surface area contributed by atoms with Crippen molar-refractivity contribution in [1.82, 2.24) is 0 Å². The van der Waals surface area contributed by atoms with Gasteiger partial charge in [-0.3, -0.25) is 4.79 Å². The fraction of sp³-hybridized carbons (Fsp3) is 0.364. The smallest absolute Gasteiger partial charge is 0.153 e. The zero-order chi connectivity index (χ0) is 11.3. The molecule has 1 rings (SSSR count). The average Bonchev–Trinajstić information content (AvgIpc) is 2.28. The SMILES string of the molecule is COc1cc(CCN)c(OC)cc1C=O. The summed E-state index contributed by atoms with van der Waals surface area (Å²) in [5, 5.41) is 0. The van der Waals surface area contributed by atoms with Gasteiger partial charge in [0.2, 0.25) is 0 Å². The molecule has 2 N–H and O–H groups in total. The lowest BCUT2D eigenvalue weighted by Crippen LogP contribution is -2.05. The van der Waals surface area contributed by atoms with Crippen LogP contribution in [0.5, 0.6) is 11.5 Å². The van der Waals surface area contributed by atoms with E-state index in [4.69, 9.17) is 15.2 Å². The van der Waals surface area contributed by atoms with Crippen molar-refractivity contribution in [3.8, 4) is 11.5 Å². The Morgan fingerprint density at radius 3 is 2.40 bits per heavy atom. The Labute approximate surface area is 89.0 Å². The number of ether oxygens (including phenoxy) is 2. The summed E-state index contributed by atoms with van der Waals surface area (Å²) in [7, 11) is 3.09. The molecule has 1 aromatic carbocycles. The molecule has 0 saturated carbocycles. The Morgan fingerprint density at radius 2 is 1.93 bits per heavy atom. The van der Waals surface area contributed by atoms with Crippen LogP contribution in [0, 0.1) is 0 Å². The molecular formula is C11H15NO3. The van der Waals surface area contributed by atoms with E-state index in [1.54, 1.807) is 19.2 Å². The molecule has 0 saturated heterocycles. The van der Waals surface area contributed by atoms with Gasteiger partial charge in [-0.25, -0.2) is 0 Å². The Balaban J connectivity index is 3.20. The minimum absolute atomic E-state index is 0.482. The Hall–Kier alpha value is -1.55. The van der Waals surface area contributed by atoms with Crippen molar-refractivity contribution in [2.24, 2.45) is 5.73 Å². The molecule has 1 aromatic rings. The van der Waals surface area contributed by atoms with Crippen LogP contribution in [0.15, 0.2) is 12.1 Å². The highest BCUT2D eigenvalue weighted by molar-refractivity contribution is 5.80. The van der Waals surface area contributed by atoms with E-state index >= 15 is 0 Å². The van der Waals surface area contributed by atoms with E-state index in [0.29, 0.717) is 30.0 Å². The summed E-state index contributed by atoms with van der Waals surface area (Å²) < 4.78 is 10.3. The lowest BCUT2D eigenvalue weighted by molar-refractivity contribution is 0.112. The topological polar surface area (TPSA) is 61.6 Å². The predicted octanol–water partition coefficient (Wildman–Crippen LogP) is 1.02. The molecule has 0 heterocycles. The van der Waals surface area contributed by atoms with Crippen molar-refractivity contribution in [2.45, 2.75) is 6.42 Å². The monoisotopic (exact) mass is 209 g/mol. The highest BCUT2D eigenvalue weighted by Crippen LogP contribution is 2.27. The molecule has 82 valence electrons. The second-order valence-electron chi connectivity index (χ2n) is 3.06. The maximum atomic E-state index is 10.8. The number of aldehydes is 1. The molecule has 15 heavy (non-hydrogen) atoms. The third-order valence-corrected chi connectivity index (χ3v) is 2.17. The highest BCUT2D eigenvalue weighted by atomic mass is 16.5. The highest BCUT2D eigenvalue weighted by Gasteiger charge is 2.09. The maximum Gasteiger partial charge on any atom is 0.153 e. The van der Waals surface area contributed by atoms with Gasteiger partial charge in [-0.2, -0.15) is 0 Å². The first kappa shape index (κ1) is 11.5. The van der Waals surface area contributed by atoms with Crippen LogP contribution in [0.2, 0.25) is 0 Å². The standard InChI is InChI=1S/C11H15NO3/c1-14-10-6-9(7-13)11(15-2)5-8(10)3-4-12/h5-7H,3-4,12H2,1-2H3. The van der Waals surface area contributed by atoms with Crippen LogP contribution in [0.1, 0.15) is 15.9 Å². The van der Waals surface area contributed by atoms with Gasteiger partial charge in [0.25, 0.3) is 0 Å². The molecule has 0 spiro atoms. The molecular weight excluding hydrogens is 194 g/mol. The Kier molecular flexibility index (Phi) is 4.12. The van der Waals surface area contributed by atoms with Crippen molar-refractivity contribution in [2.75, 3.05) is 20.8 Å². The quantitative estimate of drug-likeness (QED) is 0.735. The van der Waals surface area contributed by atoms with Gasteiger partial charge in [0, 0.05) is 0 Å². The van der Waals surface area contributed by atoms with E-state index in [0.717, 1.165) is 11.8 Å². The molecule has 4 heteroatoms. The lowest BCUT2D eigenvalue weighted by Gasteiger charge is -2.11. The molecule has 0 bridgehead atoms. The number of hydrogen-bond acceptors (Lipinski definition) is 4. The molecule has 0 unspecified atom stereocenters. The van der Waals surface area contributed by atoms with Crippen LogP contribution >= 0.6 is 0 Å². The van der Waals surface area contributed by atoms with E-state index < -0.39 is 0 Å². The van der Waals surface area contributed by atoms with Gasteiger partial charge in [-0.15, -0.1) is 0 Å². The number of carbonyl (C=O) groups is 1. The number of nitrogens with two attached hydrogens (primary N) is 1. The van der Waals surface area contributed by atoms with Gasteiger partial charge in [0.05, 0.1) is 19.8 Å². The molecule has 0 aliphatic rings. The predicted molar refractivity (Wildman–Crippen MR) is 57.7 cm³/mol. The maximum absolute atomic E-state index is 10.8. The van der Waals surface area contributed by atoms with Crippen molar-refractivity contribution in [3.05, 3.63) is 23.3 Å². The van der Waals surface area contributed by atoms with Crippen LogP contribution < -0.4 is 15.2 Å². The first-order chi connectivity index (χ1) is 7.26. The molecule has 0 radical (unpaired) electrons. The molecule has 0 aliphatic carbocycles. The van der Waals surface area contributed by atoms with Crippen molar-refractivity contribution >= 4 is 6.29 Å². The van der Waals surface area contributed by atoms with Gasteiger partial charge in [-0.05, 0) is 30.7 Å². The first-order valence-electron chi connectivity index (χ1n) is 4.67. The van der Waals surface area contributed by atoms with Crippen LogP contribution in [-0.2, 0) is 6.42 Å². The van der Waals surface area contributed by atoms with Crippen molar-refractivity contribution in [1.29, 1.82) is 0 Å². The number of hydrogen-bond donors (Lipinski definition) is 1. The second kappa shape index (κ2) is 5.36. The van der Waals surface area contributed by atoms with E-state index in [-0.39, 0.29) is 0 Å². The van der Waals surface area contributed by atoms with Crippen LogP contribution in [0.3, 0.4) is 0 Å². The summed E-state index contributed by atoms with van der Waals surface area (Å²) in [6.07, 6.45) is 1.44. The third kappa shape index (κ3) is 2.47. The van der Waals surface area contributed by atoms with E-state index in [1.165, 1.54) is 7.11 Å². The normalized spacial score (nSPS) is 9.80. The van der Waals surface area contributed by atoms with E-state index in [1.807, 2.05) is 0 Å². The minimum atomic E-state index is 0.482.